The molecule has 0 amide bonds. The van der Waals surface area contributed by atoms with Crippen LogP contribution in [0.15, 0.2) is 30.6 Å². The van der Waals surface area contributed by atoms with Gasteiger partial charge in [0.2, 0.25) is 0 Å². The van der Waals surface area contributed by atoms with Crippen molar-refractivity contribution in [2.24, 2.45) is 0 Å². The molecule has 1 unspecified atom stereocenters. The van der Waals surface area contributed by atoms with Crippen LogP contribution in [0.5, 0.6) is 0 Å². The summed E-state index contributed by atoms with van der Waals surface area (Å²) in [5, 5.41) is 1.08. The van der Waals surface area contributed by atoms with Gasteiger partial charge in [0.05, 0.1) is 6.04 Å². The van der Waals surface area contributed by atoms with Crippen molar-refractivity contribution in [2.45, 2.75) is 13.0 Å². The second kappa shape index (κ2) is 5.63. The van der Waals surface area contributed by atoms with Crippen LogP contribution in [0.2, 0.25) is 10.0 Å². The quantitative estimate of drug-likeness (QED) is 0.941. The van der Waals surface area contributed by atoms with Crippen molar-refractivity contribution >= 4 is 34.8 Å². The van der Waals surface area contributed by atoms with Gasteiger partial charge in [-0.25, -0.2) is 9.97 Å². The van der Waals surface area contributed by atoms with E-state index in [1.807, 2.05) is 36.2 Å². The molecule has 0 aliphatic carbocycles. The van der Waals surface area contributed by atoms with E-state index in [0.29, 0.717) is 15.9 Å². The second-order valence-electron chi connectivity index (χ2n) is 4.23. The van der Waals surface area contributed by atoms with Crippen molar-refractivity contribution in [1.82, 2.24) is 9.97 Å². The molecule has 1 atom stereocenters. The van der Waals surface area contributed by atoms with Gasteiger partial charge in [-0.15, -0.1) is 0 Å². The molecule has 1 aromatic carbocycles. The van der Waals surface area contributed by atoms with Gasteiger partial charge in [0, 0.05) is 12.1 Å². The minimum Gasteiger partial charge on any atom is -0.382 e. The van der Waals surface area contributed by atoms with Crippen LogP contribution < -0.4 is 10.6 Å². The molecular formula is C13H14Cl2N4. The maximum atomic E-state index is 6.13. The molecule has 0 radical (unpaired) electrons. The van der Waals surface area contributed by atoms with Gasteiger partial charge in [-0.05, 0) is 24.6 Å². The number of hydrogen-bond donors (Lipinski definition) is 1. The molecule has 1 heterocycles. The maximum Gasteiger partial charge on any atom is 0.153 e. The molecule has 0 saturated heterocycles. The van der Waals surface area contributed by atoms with Crippen LogP contribution >= 0.6 is 23.2 Å². The Morgan fingerprint density at radius 2 is 1.79 bits per heavy atom. The molecule has 6 heteroatoms. The highest BCUT2D eigenvalue weighted by molar-refractivity contribution is 6.35. The highest BCUT2D eigenvalue weighted by Crippen LogP contribution is 2.31. The summed E-state index contributed by atoms with van der Waals surface area (Å²) in [5.41, 5.74) is 6.80. The number of nitrogen functional groups attached to an aromatic ring is 1. The van der Waals surface area contributed by atoms with Gasteiger partial charge in [-0.1, -0.05) is 35.3 Å². The first-order valence-corrected chi connectivity index (χ1v) is 6.50. The zero-order valence-corrected chi connectivity index (χ0v) is 12.2. The Hall–Kier alpha value is -1.52. The second-order valence-corrected chi connectivity index (χ2v) is 5.05. The van der Waals surface area contributed by atoms with Crippen LogP contribution in [0.25, 0.3) is 0 Å². The summed E-state index contributed by atoms with van der Waals surface area (Å²) in [6, 6.07) is 7.75. The topological polar surface area (TPSA) is 55.0 Å². The average Bonchev–Trinajstić information content (AvgIpc) is 2.41. The molecule has 2 aromatic rings. The molecule has 19 heavy (non-hydrogen) atoms. The Labute approximate surface area is 122 Å². The Bertz CT molecular complexity index is 571. The number of nitrogens with two attached hydrogens (primary N) is 1. The molecule has 0 aliphatic heterocycles. The molecule has 4 nitrogen and oxygen atoms in total. The number of anilines is 2. The predicted molar refractivity (Wildman–Crippen MR) is 79.7 cm³/mol. The van der Waals surface area contributed by atoms with Crippen molar-refractivity contribution in [2.75, 3.05) is 17.7 Å². The average molecular weight is 297 g/mol. The minimum absolute atomic E-state index is 0.0871. The summed E-state index contributed by atoms with van der Waals surface area (Å²) in [4.78, 5) is 9.98. The zero-order valence-electron chi connectivity index (χ0n) is 10.6. The minimum atomic E-state index is 0.0871. The summed E-state index contributed by atoms with van der Waals surface area (Å²) >= 11 is 12.0. The van der Waals surface area contributed by atoms with Crippen LogP contribution in [0.3, 0.4) is 0 Å². The molecule has 1 aromatic heterocycles. The maximum absolute atomic E-state index is 6.13. The van der Waals surface area contributed by atoms with Gasteiger partial charge in [0.25, 0.3) is 0 Å². The van der Waals surface area contributed by atoms with Gasteiger partial charge < -0.3 is 10.6 Å². The van der Waals surface area contributed by atoms with E-state index >= 15 is 0 Å². The molecule has 0 spiro atoms. The Morgan fingerprint density at radius 1 is 1.16 bits per heavy atom. The summed E-state index contributed by atoms with van der Waals surface area (Å²) < 4.78 is 0. The summed E-state index contributed by atoms with van der Waals surface area (Å²) in [6.45, 7) is 2.05. The highest BCUT2D eigenvalue weighted by atomic mass is 35.5. The van der Waals surface area contributed by atoms with Gasteiger partial charge in [-0.2, -0.15) is 0 Å². The largest absolute Gasteiger partial charge is 0.382 e. The molecule has 0 fully saturated rings. The van der Waals surface area contributed by atoms with Gasteiger partial charge in [0.15, 0.2) is 5.82 Å². The van der Waals surface area contributed by atoms with E-state index in [2.05, 4.69) is 16.9 Å². The third-order valence-corrected chi connectivity index (χ3v) is 3.68. The number of hydrogen-bond acceptors (Lipinski definition) is 4. The van der Waals surface area contributed by atoms with Crippen LogP contribution in [-0.2, 0) is 0 Å². The Balaban J connectivity index is 2.30. The first-order valence-electron chi connectivity index (χ1n) is 5.75. The molecule has 0 aliphatic rings. The standard InChI is InChI=1S/C13H14Cl2N4/c1-8(9-3-5-10(14)6-4-9)19(2)13-11(15)12(16)17-7-18-13/h3-8H,1-2H3,(H2,16,17,18). The number of aromatic nitrogens is 2. The molecule has 100 valence electrons. The third kappa shape index (κ3) is 2.91. The fourth-order valence-corrected chi connectivity index (χ4v) is 2.12. The first kappa shape index (κ1) is 13.9. The lowest BCUT2D eigenvalue weighted by Gasteiger charge is -2.27. The molecule has 0 saturated carbocycles. The number of benzene rings is 1. The Kier molecular flexibility index (Phi) is 4.12. The van der Waals surface area contributed by atoms with Crippen LogP contribution in [0.4, 0.5) is 11.6 Å². The predicted octanol–water partition coefficient (Wildman–Crippen LogP) is 3.56. The first-order chi connectivity index (χ1) is 9.00. The van der Waals surface area contributed by atoms with Crippen molar-refractivity contribution < 1.29 is 0 Å². The van der Waals surface area contributed by atoms with Crippen molar-refractivity contribution in [3.63, 3.8) is 0 Å². The lowest BCUT2D eigenvalue weighted by molar-refractivity contribution is 0.727. The van der Waals surface area contributed by atoms with Gasteiger partial charge in [-0.3, -0.25) is 0 Å². The molecular weight excluding hydrogens is 283 g/mol. The summed E-state index contributed by atoms with van der Waals surface area (Å²) in [7, 11) is 1.91. The van der Waals surface area contributed by atoms with Gasteiger partial charge >= 0.3 is 0 Å². The fraction of sp³-hybridized carbons (Fsp3) is 0.231. The van der Waals surface area contributed by atoms with Crippen LogP contribution in [0.1, 0.15) is 18.5 Å². The lowest BCUT2D eigenvalue weighted by atomic mass is 10.1. The fourth-order valence-electron chi connectivity index (χ4n) is 1.77. The van der Waals surface area contributed by atoms with E-state index in [-0.39, 0.29) is 11.9 Å². The molecule has 2 N–H and O–H groups in total. The van der Waals surface area contributed by atoms with E-state index in [1.54, 1.807) is 0 Å². The Morgan fingerprint density at radius 3 is 2.42 bits per heavy atom. The van der Waals surface area contributed by atoms with Crippen molar-refractivity contribution in [3.8, 4) is 0 Å². The lowest BCUT2D eigenvalue weighted by Crippen LogP contribution is -2.23. The number of halogens is 2. The third-order valence-electron chi connectivity index (χ3n) is 3.07. The summed E-state index contributed by atoms with van der Waals surface area (Å²) in [6.07, 6.45) is 1.40. The van der Waals surface area contributed by atoms with Gasteiger partial charge in [0.1, 0.15) is 17.2 Å². The van der Waals surface area contributed by atoms with Crippen molar-refractivity contribution in [1.29, 1.82) is 0 Å². The van der Waals surface area contributed by atoms with E-state index in [9.17, 15) is 0 Å². The number of rotatable bonds is 3. The van der Waals surface area contributed by atoms with Crippen molar-refractivity contribution in [3.05, 3.63) is 46.2 Å². The van der Waals surface area contributed by atoms with Crippen LogP contribution in [-0.4, -0.2) is 17.0 Å². The van der Waals surface area contributed by atoms with Crippen LogP contribution in [0, 0.1) is 0 Å². The zero-order chi connectivity index (χ0) is 14.0. The molecule has 0 bridgehead atoms. The number of nitrogens with zero attached hydrogens (tertiary/aromatic N) is 3. The highest BCUT2D eigenvalue weighted by Gasteiger charge is 2.17. The van der Waals surface area contributed by atoms with E-state index in [4.69, 9.17) is 28.9 Å². The normalized spacial score (nSPS) is 12.2. The SMILES string of the molecule is CC(c1ccc(Cl)cc1)N(C)c1ncnc(N)c1Cl. The monoisotopic (exact) mass is 296 g/mol. The molecule has 2 rings (SSSR count). The van der Waals surface area contributed by atoms with E-state index in [1.165, 1.54) is 6.33 Å². The smallest absolute Gasteiger partial charge is 0.153 e. The summed E-state index contributed by atoms with van der Waals surface area (Å²) in [5.74, 6) is 0.887. The van der Waals surface area contributed by atoms with E-state index in [0.717, 1.165) is 5.56 Å². The van der Waals surface area contributed by atoms with E-state index < -0.39 is 0 Å².